The van der Waals surface area contributed by atoms with Crippen LogP contribution in [0.5, 0.6) is 0 Å². The third-order valence-corrected chi connectivity index (χ3v) is 6.92. The fourth-order valence-corrected chi connectivity index (χ4v) is 5.05. The first-order valence-corrected chi connectivity index (χ1v) is 12.2. The number of amides is 1. The number of hydrogen-bond donors (Lipinski definition) is 0. The van der Waals surface area contributed by atoms with E-state index in [2.05, 4.69) is 60.6 Å². The second-order valence-electron chi connectivity index (χ2n) is 9.42. The minimum absolute atomic E-state index is 0.0201. The number of rotatable bonds is 7. The molecule has 0 spiro atoms. The van der Waals surface area contributed by atoms with Crippen molar-refractivity contribution < 1.29 is 9.18 Å². The van der Waals surface area contributed by atoms with Crippen LogP contribution in [-0.4, -0.2) is 54.5 Å². The zero-order valence-corrected chi connectivity index (χ0v) is 20.8. The zero-order chi connectivity index (χ0) is 24.9. The van der Waals surface area contributed by atoms with Crippen LogP contribution in [0.15, 0.2) is 91.5 Å². The molecule has 1 amide bonds. The van der Waals surface area contributed by atoms with Crippen LogP contribution >= 0.6 is 0 Å². The van der Waals surface area contributed by atoms with Gasteiger partial charge in [-0.3, -0.25) is 14.6 Å². The summed E-state index contributed by atoms with van der Waals surface area (Å²) in [4.78, 5) is 19.9. The summed E-state index contributed by atoms with van der Waals surface area (Å²) in [6.07, 6.45) is 1.97. The molecule has 1 saturated heterocycles. The van der Waals surface area contributed by atoms with Crippen LogP contribution in [0.25, 0.3) is 0 Å². The van der Waals surface area contributed by atoms with Gasteiger partial charge >= 0.3 is 0 Å². The van der Waals surface area contributed by atoms with E-state index in [1.54, 1.807) is 19.2 Å². The smallest absolute Gasteiger partial charge is 0.258 e. The van der Waals surface area contributed by atoms with Crippen molar-refractivity contribution in [2.24, 2.45) is 0 Å². The molecule has 1 heterocycles. The number of halogens is 1. The molecule has 3 aromatic rings. The molecular formula is C30H34FN3O. The van der Waals surface area contributed by atoms with Crippen molar-refractivity contribution in [2.75, 3.05) is 31.6 Å². The summed E-state index contributed by atoms with van der Waals surface area (Å²) in [5.41, 5.74) is 3.39. The molecule has 0 N–H and O–H groups in total. The minimum Gasteiger partial charge on any atom is -0.311 e. The Morgan fingerprint density at radius 3 is 2.43 bits per heavy atom. The highest BCUT2D eigenvalue weighted by atomic mass is 19.1. The average Bonchev–Trinajstić information content (AvgIpc) is 2.87. The van der Waals surface area contributed by atoms with Gasteiger partial charge in [-0.15, -0.1) is 6.58 Å². The predicted molar refractivity (Wildman–Crippen MR) is 141 cm³/mol. The minimum atomic E-state index is -0.362. The van der Waals surface area contributed by atoms with Gasteiger partial charge in [0.15, 0.2) is 0 Å². The summed E-state index contributed by atoms with van der Waals surface area (Å²) < 4.78 is 13.7. The third kappa shape index (κ3) is 5.53. The van der Waals surface area contributed by atoms with Crippen molar-refractivity contribution in [3.05, 3.63) is 114 Å². The monoisotopic (exact) mass is 471 g/mol. The Balaban J connectivity index is 1.68. The molecule has 0 aromatic heterocycles. The van der Waals surface area contributed by atoms with Gasteiger partial charge in [0, 0.05) is 50.0 Å². The standard InChI is InChI=1S/C30H34FN3O/c1-5-17-33-20-23(3)34(21-22(33)2)29(24-11-7-6-8-12-24)25-13-9-14-26(18-25)30(35)32(4)28-16-10-15-27(31)19-28/h5-16,18-19,22-23,29H,1,17,20-21H2,2-4H3/t22-,23+,29?/m1/s1. The number of nitrogens with zero attached hydrogens (tertiary/aromatic N) is 3. The van der Waals surface area contributed by atoms with Crippen molar-refractivity contribution in [3.8, 4) is 0 Å². The number of piperazine rings is 1. The van der Waals surface area contributed by atoms with E-state index in [9.17, 15) is 9.18 Å². The average molecular weight is 472 g/mol. The van der Waals surface area contributed by atoms with Crippen LogP contribution < -0.4 is 4.90 Å². The van der Waals surface area contributed by atoms with Crippen LogP contribution in [0.3, 0.4) is 0 Å². The summed E-state index contributed by atoms with van der Waals surface area (Å²) in [5, 5.41) is 0. The van der Waals surface area contributed by atoms with Gasteiger partial charge in [0.2, 0.25) is 0 Å². The van der Waals surface area contributed by atoms with E-state index in [0.717, 1.165) is 25.2 Å². The summed E-state index contributed by atoms with van der Waals surface area (Å²) in [5.74, 6) is -0.528. The Hall–Kier alpha value is -3.28. The van der Waals surface area contributed by atoms with Crippen molar-refractivity contribution in [3.63, 3.8) is 0 Å². The Bertz CT molecular complexity index is 1170. The van der Waals surface area contributed by atoms with E-state index in [0.29, 0.717) is 23.3 Å². The van der Waals surface area contributed by atoms with E-state index in [-0.39, 0.29) is 17.8 Å². The molecule has 1 fully saturated rings. The van der Waals surface area contributed by atoms with Gasteiger partial charge in [0.1, 0.15) is 5.82 Å². The van der Waals surface area contributed by atoms with Crippen molar-refractivity contribution in [1.29, 1.82) is 0 Å². The number of carbonyl (C=O) groups is 1. The van der Waals surface area contributed by atoms with Gasteiger partial charge in [-0.05, 0) is 55.3 Å². The lowest BCUT2D eigenvalue weighted by Crippen LogP contribution is -2.57. The van der Waals surface area contributed by atoms with Crippen LogP contribution in [0.4, 0.5) is 10.1 Å². The van der Waals surface area contributed by atoms with Gasteiger partial charge in [0.05, 0.1) is 6.04 Å². The number of carbonyl (C=O) groups excluding carboxylic acids is 1. The van der Waals surface area contributed by atoms with Crippen LogP contribution in [0.1, 0.15) is 41.4 Å². The van der Waals surface area contributed by atoms with Gasteiger partial charge in [0.25, 0.3) is 5.91 Å². The summed E-state index contributed by atoms with van der Waals surface area (Å²) in [7, 11) is 1.68. The summed E-state index contributed by atoms with van der Waals surface area (Å²) in [6.45, 7) is 11.2. The lowest BCUT2D eigenvalue weighted by Gasteiger charge is -2.47. The first-order chi connectivity index (χ1) is 16.9. The van der Waals surface area contributed by atoms with Crippen molar-refractivity contribution >= 4 is 11.6 Å². The SMILES string of the molecule is C=CCN1C[C@H](C)N(C(c2ccccc2)c2cccc(C(=O)N(C)c3cccc(F)c3)c2)C[C@H]1C. The number of benzene rings is 3. The highest BCUT2D eigenvalue weighted by Crippen LogP contribution is 2.34. The molecule has 1 aliphatic heterocycles. The Labute approximate surface area is 208 Å². The van der Waals surface area contributed by atoms with Crippen LogP contribution in [0.2, 0.25) is 0 Å². The fraction of sp³-hybridized carbons (Fsp3) is 0.300. The van der Waals surface area contributed by atoms with Gasteiger partial charge in [-0.25, -0.2) is 4.39 Å². The maximum Gasteiger partial charge on any atom is 0.258 e. The first-order valence-electron chi connectivity index (χ1n) is 12.2. The molecule has 0 radical (unpaired) electrons. The highest BCUT2D eigenvalue weighted by Gasteiger charge is 2.34. The fourth-order valence-electron chi connectivity index (χ4n) is 5.05. The number of hydrogen-bond acceptors (Lipinski definition) is 3. The lowest BCUT2D eigenvalue weighted by atomic mass is 9.92. The van der Waals surface area contributed by atoms with Gasteiger partial charge in [-0.1, -0.05) is 54.6 Å². The van der Waals surface area contributed by atoms with E-state index in [1.807, 2.05) is 30.3 Å². The molecule has 0 saturated carbocycles. The van der Waals surface area contributed by atoms with Gasteiger partial charge < -0.3 is 4.90 Å². The van der Waals surface area contributed by atoms with Crippen LogP contribution in [0, 0.1) is 5.82 Å². The van der Waals surface area contributed by atoms with Crippen molar-refractivity contribution in [1.82, 2.24) is 9.80 Å². The zero-order valence-electron chi connectivity index (χ0n) is 20.8. The molecule has 0 aliphatic carbocycles. The molecule has 0 bridgehead atoms. The van der Waals surface area contributed by atoms with E-state index in [4.69, 9.17) is 0 Å². The van der Waals surface area contributed by atoms with Gasteiger partial charge in [-0.2, -0.15) is 0 Å². The maximum absolute atomic E-state index is 13.7. The molecule has 3 atom stereocenters. The van der Waals surface area contributed by atoms with Crippen LogP contribution in [-0.2, 0) is 0 Å². The first kappa shape index (κ1) is 24.8. The molecule has 1 unspecified atom stereocenters. The quantitative estimate of drug-likeness (QED) is 0.409. The molecule has 4 nitrogen and oxygen atoms in total. The second kappa shape index (κ2) is 11.0. The Kier molecular flexibility index (Phi) is 7.79. The van der Waals surface area contributed by atoms with E-state index >= 15 is 0 Å². The Morgan fingerprint density at radius 2 is 1.71 bits per heavy atom. The lowest BCUT2D eigenvalue weighted by molar-refractivity contribution is 0.0306. The topological polar surface area (TPSA) is 26.8 Å². The van der Waals surface area contributed by atoms with E-state index < -0.39 is 0 Å². The predicted octanol–water partition coefficient (Wildman–Crippen LogP) is 5.77. The summed E-state index contributed by atoms with van der Waals surface area (Å²) in [6, 6.07) is 25.2. The molecule has 3 aromatic carbocycles. The largest absolute Gasteiger partial charge is 0.311 e. The molecule has 5 heteroatoms. The highest BCUT2D eigenvalue weighted by molar-refractivity contribution is 6.05. The van der Waals surface area contributed by atoms with Crippen molar-refractivity contribution in [2.45, 2.75) is 32.0 Å². The van der Waals surface area contributed by atoms with E-state index in [1.165, 1.54) is 22.6 Å². The Morgan fingerprint density at radius 1 is 1.00 bits per heavy atom. The second-order valence-corrected chi connectivity index (χ2v) is 9.42. The molecule has 182 valence electrons. The third-order valence-electron chi connectivity index (χ3n) is 6.92. The molecule has 4 rings (SSSR count). The normalized spacial score (nSPS) is 19.8. The molecule has 35 heavy (non-hydrogen) atoms. The molecule has 1 aliphatic rings. The molecular weight excluding hydrogens is 437 g/mol. The number of anilines is 1. The summed E-state index contributed by atoms with van der Waals surface area (Å²) >= 11 is 0. The maximum atomic E-state index is 13.7.